The Kier molecular flexibility index (Phi) is 0.893. The molecule has 3 saturated carbocycles. The van der Waals surface area contributed by atoms with Gasteiger partial charge in [0.05, 0.1) is 12.2 Å². The molecule has 1 spiro atoms. The standard InChI is InChI=1S/C10H16O/c1-9(2)7-3-4-10(6-11-10)8(9)5-7/h7-8H,3-6H2,1-2H3/t7-,8-,10+/m1/s1. The lowest BCUT2D eigenvalue weighted by Gasteiger charge is -2.59. The molecule has 0 aromatic carbocycles. The molecule has 0 radical (unpaired) electrons. The summed E-state index contributed by atoms with van der Waals surface area (Å²) < 4.78 is 5.62. The summed E-state index contributed by atoms with van der Waals surface area (Å²) in [7, 11) is 0. The lowest BCUT2D eigenvalue weighted by molar-refractivity contribution is -0.115. The van der Waals surface area contributed by atoms with Crippen molar-refractivity contribution in [1.29, 1.82) is 0 Å². The minimum Gasteiger partial charge on any atom is -0.369 e. The zero-order valence-corrected chi connectivity index (χ0v) is 7.39. The van der Waals surface area contributed by atoms with Crippen LogP contribution in [0.2, 0.25) is 0 Å². The zero-order valence-electron chi connectivity index (χ0n) is 7.39. The molecule has 0 aromatic rings. The highest BCUT2D eigenvalue weighted by molar-refractivity contribution is 5.15. The van der Waals surface area contributed by atoms with Gasteiger partial charge in [-0.1, -0.05) is 13.8 Å². The Hall–Kier alpha value is -0.0400. The fourth-order valence-electron chi connectivity index (χ4n) is 3.43. The first-order chi connectivity index (χ1) is 5.15. The molecular weight excluding hydrogens is 136 g/mol. The van der Waals surface area contributed by atoms with Crippen molar-refractivity contribution < 1.29 is 4.74 Å². The average molecular weight is 152 g/mol. The van der Waals surface area contributed by atoms with Gasteiger partial charge >= 0.3 is 0 Å². The molecule has 62 valence electrons. The normalized spacial score (nSPS) is 57.3. The summed E-state index contributed by atoms with van der Waals surface area (Å²) in [5.74, 6) is 1.91. The van der Waals surface area contributed by atoms with Gasteiger partial charge in [0.15, 0.2) is 0 Å². The highest BCUT2D eigenvalue weighted by Crippen LogP contribution is 2.67. The van der Waals surface area contributed by atoms with Crippen molar-refractivity contribution in [2.45, 2.75) is 38.7 Å². The van der Waals surface area contributed by atoms with Gasteiger partial charge < -0.3 is 4.74 Å². The van der Waals surface area contributed by atoms with Crippen molar-refractivity contribution in [3.05, 3.63) is 0 Å². The maximum atomic E-state index is 5.62. The summed E-state index contributed by atoms with van der Waals surface area (Å²) in [6, 6.07) is 0. The molecular formula is C10H16O. The molecule has 4 rings (SSSR count). The summed E-state index contributed by atoms with van der Waals surface area (Å²) in [6.45, 7) is 5.91. The maximum absolute atomic E-state index is 5.62. The van der Waals surface area contributed by atoms with E-state index in [1.807, 2.05) is 0 Å². The summed E-state index contributed by atoms with van der Waals surface area (Å²) in [4.78, 5) is 0. The predicted octanol–water partition coefficient (Wildman–Crippen LogP) is 2.21. The average Bonchev–Trinajstić information content (AvgIpc) is 2.69. The molecule has 3 aliphatic carbocycles. The highest BCUT2D eigenvalue weighted by atomic mass is 16.6. The van der Waals surface area contributed by atoms with E-state index >= 15 is 0 Å². The molecule has 0 amide bonds. The molecule has 1 heteroatoms. The minimum absolute atomic E-state index is 0.387. The van der Waals surface area contributed by atoms with E-state index in [2.05, 4.69) is 13.8 Å². The second kappa shape index (κ2) is 1.52. The smallest absolute Gasteiger partial charge is 0.0949 e. The molecule has 1 heterocycles. The van der Waals surface area contributed by atoms with E-state index in [0.29, 0.717) is 11.0 Å². The molecule has 3 atom stereocenters. The van der Waals surface area contributed by atoms with Gasteiger partial charge in [-0.25, -0.2) is 0 Å². The molecule has 0 unspecified atom stereocenters. The second-order valence-corrected chi connectivity index (χ2v) is 5.20. The number of fused-ring (bicyclic) bond motifs is 1. The number of rotatable bonds is 0. The molecule has 11 heavy (non-hydrogen) atoms. The first kappa shape index (κ1) is 6.47. The van der Waals surface area contributed by atoms with E-state index in [1.54, 1.807) is 0 Å². The van der Waals surface area contributed by atoms with Gasteiger partial charge in [-0.05, 0) is 36.5 Å². The predicted molar refractivity (Wildman–Crippen MR) is 43.3 cm³/mol. The van der Waals surface area contributed by atoms with Crippen LogP contribution >= 0.6 is 0 Å². The molecule has 0 N–H and O–H groups in total. The summed E-state index contributed by atoms with van der Waals surface area (Å²) in [6.07, 6.45) is 4.22. The number of epoxide rings is 1. The van der Waals surface area contributed by atoms with E-state index in [9.17, 15) is 0 Å². The van der Waals surface area contributed by atoms with Crippen LogP contribution in [0, 0.1) is 17.3 Å². The van der Waals surface area contributed by atoms with Gasteiger partial charge in [0.25, 0.3) is 0 Å². The molecule has 2 bridgehead atoms. The SMILES string of the molecule is CC1(C)[C@@H]2CC[C@]3(CO3)[C@@H]1C2. The first-order valence-electron chi connectivity index (χ1n) is 4.79. The first-order valence-corrected chi connectivity index (χ1v) is 4.79. The number of ether oxygens (including phenoxy) is 1. The Bertz CT molecular complexity index is 199. The van der Waals surface area contributed by atoms with Crippen LogP contribution in [0.1, 0.15) is 33.1 Å². The summed E-state index contributed by atoms with van der Waals surface area (Å²) in [5.41, 5.74) is 0.993. The third kappa shape index (κ3) is 0.581. The Labute approximate surface area is 68.1 Å². The van der Waals surface area contributed by atoms with Crippen molar-refractivity contribution in [2.24, 2.45) is 17.3 Å². The molecule has 1 saturated heterocycles. The van der Waals surface area contributed by atoms with Crippen LogP contribution < -0.4 is 0 Å². The van der Waals surface area contributed by atoms with Gasteiger partial charge in [-0.3, -0.25) is 0 Å². The number of hydrogen-bond acceptors (Lipinski definition) is 1. The molecule has 0 aromatic heterocycles. The lowest BCUT2D eigenvalue weighted by Crippen LogP contribution is -2.56. The van der Waals surface area contributed by atoms with Crippen LogP contribution in [0.5, 0.6) is 0 Å². The van der Waals surface area contributed by atoms with Gasteiger partial charge in [0.2, 0.25) is 0 Å². The highest BCUT2D eigenvalue weighted by Gasteiger charge is 2.67. The van der Waals surface area contributed by atoms with Crippen LogP contribution in [0.25, 0.3) is 0 Å². The Morgan fingerprint density at radius 3 is 2.45 bits per heavy atom. The van der Waals surface area contributed by atoms with E-state index in [4.69, 9.17) is 4.74 Å². The topological polar surface area (TPSA) is 12.5 Å². The van der Waals surface area contributed by atoms with E-state index < -0.39 is 0 Å². The van der Waals surface area contributed by atoms with Crippen molar-refractivity contribution in [1.82, 2.24) is 0 Å². The second-order valence-electron chi connectivity index (χ2n) is 5.20. The third-order valence-electron chi connectivity index (χ3n) is 4.54. The zero-order chi connectivity index (χ0) is 7.69. The van der Waals surface area contributed by atoms with Crippen molar-refractivity contribution in [3.63, 3.8) is 0 Å². The van der Waals surface area contributed by atoms with Gasteiger partial charge in [-0.15, -0.1) is 0 Å². The minimum atomic E-state index is 0.387. The maximum Gasteiger partial charge on any atom is 0.0949 e. The van der Waals surface area contributed by atoms with Crippen molar-refractivity contribution >= 4 is 0 Å². The van der Waals surface area contributed by atoms with Gasteiger partial charge in [0, 0.05) is 0 Å². The fraction of sp³-hybridized carbons (Fsp3) is 1.00. The van der Waals surface area contributed by atoms with E-state index in [-0.39, 0.29) is 0 Å². The van der Waals surface area contributed by atoms with E-state index in [0.717, 1.165) is 18.4 Å². The van der Waals surface area contributed by atoms with Crippen LogP contribution in [-0.2, 0) is 4.74 Å². The van der Waals surface area contributed by atoms with Crippen LogP contribution in [0.15, 0.2) is 0 Å². The largest absolute Gasteiger partial charge is 0.369 e. The van der Waals surface area contributed by atoms with Gasteiger partial charge in [0.1, 0.15) is 0 Å². The van der Waals surface area contributed by atoms with Crippen LogP contribution in [0.4, 0.5) is 0 Å². The lowest BCUT2D eigenvalue weighted by atomic mass is 9.45. The fourth-order valence-corrected chi connectivity index (χ4v) is 3.43. The quantitative estimate of drug-likeness (QED) is 0.485. The van der Waals surface area contributed by atoms with Crippen LogP contribution in [-0.4, -0.2) is 12.2 Å². The van der Waals surface area contributed by atoms with Crippen LogP contribution in [0.3, 0.4) is 0 Å². The summed E-state index contributed by atoms with van der Waals surface area (Å²) >= 11 is 0. The van der Waals surface area contributed by atoms with E-state index in [1.165, 1.54) is 19.3 Å². The van der Waals surface area contributed by atoms with Crippen molar-refractivity contribution in [3.8, 4) is 0 Å². The Morgan fingerprint density at radius 1 is 1.36 bits per heavy atom. The Morgan fingerprint density at radius 2 is 2.09 bits per heavy atom. The molecule has 4 fully saturated rings. The third-order valence-corrected chi connectivity index (χ3v) is 4.54. The molecule has 4 aliphatic rings. The van der Waals surface area contributed by atoms with Gasteiger partial charge in [-0.2, -0.15) is 0 Å². The molecule has 1 aliphatic heterocycles. The Balaban J connectivity index is 1.94. The molecule has 1 nitrogen and oxygen atoms in total. The van der Waals surface area contributed by atoms with Crippen molar-refractivity contribution in [2.75, 3.05) is 6.61 Å². The summed E-state index contributed by atoms with van der Waals surface area (Å²) in [5, 5.41) is 0. The monoisotopic (exact) mass is 152 g/mol. The number of hydrogen-bond donors (Lipinski definition) is 0.